The van der Waals surface area contributed by atoms with Gasteiger partial charge in [0, 0.05) is 19.1 Å². The fraction of sp³-hybridized carbons (Fsp3) is 0.889. The molecule has 0 aromatic heterocycles. The Morgan fingerprint density at radius 1 is 1.46 bits per heavy atom. The first-order chi connectivity index (χ1) is 5.99. The van der Waals surface area contributed by atoms with Crippen molar-refractivity contribution in [2.45, 2.75) is 39.7 Å². The highest BCUT2D eigenvalue weighted by atomic mass is 15.4. The average molecular weight is 186 g/mol. The topological polar surface area (TPSA) is 53.6 Å². The van der Waals surface area contributed by atoms with Gasteiger partial charge in [-0.25, -0.2) is 5.84 Å². The molecule has 0 heterocycles. The fourth-order valence-corrected chi connectivity index (χ4v) is 0.922. The third kappa shape index (κ3) is 3.22. The Balaban J connectivity index is 4.54. The molecule has 0 aliphatic carbocycles. The summed E-state index contributed by atoms with van der Waals surface area (Å²) in [5, 5.41) is 0. The first-order valence-corrected chi connectivity index (χ1v) is 4.74. The Morgan fingerprint density at radius 3 is 2.31 bits per heavy atom. The zero-order valence-corrected chi connectivity index (χ0v) is 9.39. The number of hydrogen-bond donors (Lipinski definition) is 2. The molecule has 0 bridgehead atoms. The van der Waals surface area contributed by atoms with Crippen LogP contribution in [0.5, 0.6) is 0 Å². The van der Waals surface area contributed by atoms with Crippen molar-refractivity contribution in [2.75, 3.05) is 13.6 Å². The number of guanidine groups is 1. The van der Waals surface area contributed by atoms with E-state index < -0.39 is 0 Å². The molecule has 0 aromatic carbocycles. The molecule has 13 heavy (non-hydrogen) atoms. The van der Waals surface area contributed by atoms with E-state index in [1.165, 1.54) is 0 Å². The van der Waals surface area contributed by atoms with E-state index in [1.807, 2.05) is 14.0 Å². The van der Waals surface area contributed by atoms with Gasteiger partial charge in [-0.1, -0.05) is 6.92 Å². The number of rotatable bonds is 3. The minimum atomic E-state index is 0.0837. The Hall–Kier alpha value is -0.770. The van der Waals surface area contributed by atoms with Gasteiger partial charge in [0.2, 0.25) is 5.96 Å². The van der Waals surface area contributed by atoms with E-state index in [1.54, 1.807) is 0 Å². The molecular weight excluding hydrogens is 164 g/mol. The van der Waals surface area contributed by atoms with E-state index >= 15 is 0 Å². The monoisotopic (exact) mass is 186 g/mol. The maximum atomic E-state index is 5.39. The summed E-state index contributed by atoms with van der Waals surface area (Å²) in [7, 11) is 2.00. The molecule has 0 aliphatic heterocycles. The number of nitrogens with zero attached hydrogens (tertiary/aromatic N) is 2. The number of nitrogens with two attached hydrogens (primary N) is 1. The predicted molar refractivity (Wildman–Crippen MR) is 57.4 cm³/mol. The molecule has 0 unspecified atom stereocenters. The summed E-state index contributed by atoms with van der Waals surface area (Å²) < 4.78 is 0. The second-order valence-electron chi connectivity index (χ2n) is 3.67. The SMILES string of the molecule is CCN=C(NN)N(C)C(C)(C)CC. The lowest BCUT2D eigenvalue weighted by Crippen LogP contribution is -2.52. The molecule has 0 atom stereocenters. The van der Waals surface area contributed by atoms with Crippen molar-refractivity contribution in [1.82, 2.24) is 10.3 Å². The lowest BCUT2D eigenvalue weighted by atomic mass is 10.0. The first-order valence-electron chi connectivity index (χ1n) is 4.74. The van der Waals surface area contributed by atoms with Crippen molar-refractivity contribution in [2.24, 2.45) is 10.8 Å². The maximum absolute atomic E-state index is 5.39. The van der Waals surface area contributed by atoms with Gasteiger partial charge in [-0.15, -0.1) is 0 Å². The third-order valence-corrected chi connectivity index (χ3v) is 2.53. The molecule has 0 amide bonds. The molecule has 0 saturated carbocycles. The molecule has 0 fully saturated rings. The Kier molecular flexibility index (Phi) is 4.77. The van der Waals surface area contributed by atoms with Crippen LogP contribution in [-0.2, 0) is 0 Å². The van der Waals surface area contributed by atoms with Crippen LogP contribution in [-0.4, -0.2) is 30.0 Å². The molecule has 3 N–H and O–H groups in total. The molecule has 0 rings (SSSR count). The van der Waals surface area contributed by atoms with Crippen LogP contribution in [0.4, 0.5) is 0 Å². The van der Waals surface area contributed by atoms with Crippen molar-refractivity contribution >= 4 is 5.96 Å². The zero-order valence-electron chi connectivity index (χ0n) is 9.39. The van der Waals surface area contributed by atoms with Gasteiger partial charge in [-0.05, 0) is 27.2 Å². The smallest absolute Gasteiger partial charge is 0.208 e. The van der Waals surface area contributed by atoms with E-state index in [9.17, 15) is 0 Å². The van der Waals surface area contributed by atoms with Gasteiger partial charge in [-0.3, -0.25) is 10.4 Å². The van der Waals surface area contributed by atoms with Crippen LogP contribution in [0.1, 0.15) is 34.1 Å². The van der Waals surface area contributed by atoms with E-state index in [0.717, 1.165) is 18.9 Å². The first kappa shape index (κ1) is 12.2. The molecule has 78 valence electrons. The Morgan fingerprint density at radius 2 is 2.00 bits per heavy atom. The van der Waals surface area contributed by atoms with Gasteiger partial charge in [0.05, 0.1) is 0 Å². The highest BCUT2D eigenvalue weighted by Crippen LogP contribution is 2.15. The normalized spacial score (nSPS) is 12.9. The molecular formula is C9H22N4. The van der Waals surface area contributed by atoms with Crippen molar-refractivity contribution in [1.29, 1.82) is 0 Å². The largest absolute Gasteiger partial charge is 0.340 e. The number of aliphatic imine (C=N–C) groups is 1. The minimum absolute atomic E-state index is 0.0837. The molecule has 0 aromatic rings. The van der Waals surface area contributed by atoms with E-state index in [-0.39, 0.29) is 5.54 Å². The van der Waals surface area contributed by atoms with Gasteiger partial charge >= 0.3 is 0 Å². The van der Waals surface area contributed by atoms with E-state index in [4.69, 9.17) is 5.84 Å². The fourth-order valence-electron chi connectivity index (χ4n) is 0.922. The zero-order chi connectivity index (χ0) is 10.5. The van der Waals surface area contributed by atoms with E-state index in [2.05, 4.69) is 36.1 Å². The predicted octanol–water partition coefficient (Wildman–Crippen LogP) is 0.946. The number of nitrogens with one attached hydrogen (secondary N) is 1. The van der Waals surface area contributed by atoms with Crippen molar-refractivity contribution in [3.8, 4) is 0 Å². The van der Waals surface area contributed by atoms with Crippen LogP contribution < -0.4 is 11.3 Å². The quantitative estimate of drug-likeness (QED) is 0.298. The van der Waals surface area contributed by atoms with Crippen molar-refractivity contribution < 1.29 is 0 Å². The molecule has 0 saturated heterocycles. The summed E-state index contributed by atoms with van der Waals surface area (Å²) in [6.07, 6.45) is 1.05. The number of hydrogen-bond acceptors (Lipinski definition) is 2. The Bertz CT molecular complexity index is 174. The van der Waals surface area contributed by atoms with Crippen LogP contribution in [0, 0.1) is 0 Å². The summed E-state index contributed by atoms with van der Waals surface area (Å²) in [5.41, 5.74) is 2.70. The highest BCUT2D eigenvalue weighted by Gasteiger charge is 2.23. The summed E-state index contributed by atoms with van der Waals surface area (Å²) in [6.45, 7) is 9.20. The minimum Gasteiger partial charge on any atom is -0.340 e. The van der Waals surface area contributed by atoms with Gasteiger partial charge < -0.3 is 4.90 Å². The summed E-state index contributed by atoms with van der Waals surface area (Å²) in [6, 6.07) is 0. The van der Waals surface area contributed by atoms with Crippen molar-refractivity contribution in [3.63, 3.8) is 0 Å². The van der Waals surface area contributed by atoms with Crippen LogP contribution >= 0.6 is 0 Å². The van der Waals surface area contributed by atoms with Crippen LogP contribution in [0.2, 0.25) is 0 Å². The van der Waals surface area contributed by atoms with Gasteiger partial charge in [0.15, 0.2) is 0 Å². The van der Waals surface area contributed by atoms with Crippen molar-refractivity contribution in [3.05, 3.63) is 0 Å². The van der Waals surface area contributed by atoms with Crippen LogP contribution in [0.25, 0.3) is 0 Å². The average Bonchev–Trinajstić information content (AvgIpc) is 2.13. The Labute approximate surface area is 81.2 Å². The lowest BCUT2D eigenvalue weighted by Gasteiger charge is -2.36. The molecule has 4 nitrogen and oxygen atoms in total. The second-order valence-corrected chi connectivity index (χ2v) is 3.67. The van der Waals surface area contributed by atoms with Gasteiger partial charge in [0.1, 0.15) is 0 Å². The van der Waals surface area contributed by atoms with Gasteiger partial charge in [-0.2, -0.15) is 0 Å². The van der Waals surface area contributed by atoms with E-state index in [0.29, 0.717) is 0 Å². The second kappa shape index (κ2) is 5.07. The molecule has 4 heteroatoms. The van der Waals surface area contributed by atoms with Gasteiger partial charge in [0.25, 0.3) is 0 Å². The van der Waals surface area contributed by atoms with Crippen LogP contribution in [0.3, 0.4) is 0 Å². The van der Waals surface area contributed by atoms with Crippen LogP contribution in [0.15, 0.2) is 4.99 Å². The highest BCUT2D eigenvalue weighted by molar-refractivity contribution is 5.79. The molecule has 0 spiro atoms. The molecule has 0 radical (unpaired) electrons. The summed E-state index contributed by atoms with van der Waals surface area (Å²) >= 11 is 0. The third-order valence-electron chi connectivity index (χ3n) is 2.53. The number of hydrazine groups is 1. The summed E-state index contributed by atoms with van der Waals surface area (Å²) in [5.74, 6) is 6.13. The molecule has 0 aliphatic rings. The summed E-state index contributed by atoms with van der Waals surface area (Å²) in [4.78, 5) is 6.33. The standard InChI is InChI=1S/C9H22N4/c1-6-9(3,4)13(5)8(12-10)11-7-2/h6-7,10H2,1-5H3,(H,11,12). The lowest BCUT2D eigenvalue weighted by molar-refractivity contribution is 0.238. The maximum Gasteiger partial charge on any atom is 0.208 e.